The number of anilines is 2. The molecule has 0 saturated carbocycles. The zero-order valence-corrected chi connectivity index (χ0v) is 21.8. The van der Waals surface area contributed by atoms with Gasteiger partial charge in [-0.15, -0.1) is 0 Å². The Bertz CT molecular complexity index is 1210. The Kier molecular flexibility index (Phi) is 10.6. The number of aromatic nitrogens is 2. The smallest absolute Gasteiger partial charge is 0.548 e. The van der Waals surface area contributed by atoms with Gasteiger partial charge in [0.15, 0.2) is 0 Å². The summed E-state index contributed by atoms with van der Waals surface area (Å²) in [6.45, 7) is 0. The van der Waals surface area contributed by atoms with Gasteiger partial charge in [-0.3, -0.25) is 4.79 Å². The average Bonchev–Trinajstić information content (AvgIpc) is 2.79. The number of benzene rings is 2. The van der Waals surface area contributed by atoms with Crippen LogP contribution in [0.5, 0.6) is 5.88 Å². The fraction of sp³-hybridized carbons (Fsp3) is 0.130. The molecule has 34 heavy (non-hydrogen) atoms. The Hall–Kier alpha value is -2.80. The molecule has 2 N–H and O–H groups in total. The maximum Gasteiger partial charge on any atom is 1.00 e. The number of aliphatic carboxylic acids is 1. The minimum atomic E-state index is -1.47. The van der Waals surface area contributed by atoms with Crippen LogP contribution < -0.4 is 50.0 Å². The normalized spacial score (nSPS) is 10.7. The first-order chi connectivity index (χ1) is 15.9. The molecular weight excluding hydrogens is 490 g/mol. The van der Waals surface area contributed by atoms with Gasteiger partial charge in [-0.1, -0.05) is 41.1 Å². The van der Waals surface area contributed by atoms with Crippen LogP contribution in [0.15, 0.2) is 54.9 Å². The number of methoxy groups -OCH3 is 1. The number of carbonyl (C=O) groups is 2. The first kappa shape index (κ1) is 27.4. The molecule has 0 aliphatic rings. The molecule has 0 saturated heterocycles. The van der Waals surface area contributed by atoms with E-state index in [9.17, 15) is 14.7 Å². The molecule has 0 aliphatic carbocycles. The van der Waals surface area contributed by atoms with Gasteiger partial charge in [0.2, 0.25) is 5.88 Å². The number of hydrogen-bond acceptors (Lipinski definition) is 7. The van der Waals surface area contributed by atoms with Crippen molar-refractivity contribution in [2.75, 3.05) is 12.4 Å². The first-order valence-electron chi connectivity index (χ1n) is 9.55. The largest absolute Gasteiger partial charge is 1.00 e. The number of carbonyl (C=O) groups excluding carboxylic acids is 2. The molecule has 3 rings (SSSR count). The number of amides is 1. The summed E-state index contributed by atoms with van der Waals surface area (Å²) in [4.78, 5) is 31.9. The summed E-state index contributed by atoms with van der Waals surface area (Å²) in [5.41, 5.74) is 1.40. The standard InChI is InChI=1S/C23H18Cl2N4O4.Na/c1-33-20-12-19(26-13-27-20)28-15-10-8-14(9-11-15)4-2-7-18(23(31)32)29-22(30)21-16(24)5-3-6-17(21)25;/h3,5-6,8-13,18H,7H2,1H3,(H,29,30)(H,31,32)(H,26,27,28);/q;+1/p-1. The van der Waals surface area contributed by atoms with Crippen LogP contribution in [-0.2, 0) is 4.79 Å². The Morgan fingerprint density at radius 1 is 1.12 bits per heavy atom. The van der Waals surface area contributed by atoms with Crippen molar-refractivity contribution in [1.29, 1.82) is 0 Å². The molecule has 0 bridgehead atoms. The minimum Gasteiger partial charge on any atom is -0.548 e. The van der Waals surface area contributed by atoms with Crippen LogP contribution in [0.25, 0.3) is 0 Å². The van der Waals surface area contributed by atoms with Gasteiger partial charge in [-0.25, -0.2) is 9.97 Å². The number of carboxylic acids is 1. The third-order valence-corrected chi connectivity index (χ3v) is 4.96. The molecular formula is C23H17Cl2N4NaO4. The van der Waals surface area contributed by atoms with Crippen LogP contribution in [0.1, 0.15) is 22.3 Å². The van der Waals surface area contributed by atoms with Crippen LogP contribution in [-0.4, -0.2) is 35.0 Å². The fourth-order valence-corrected chi connectivity index (χ4v) is 3.27. The van der Waals surface area contributed by atoms with Gasteiger partial charge in [0.05, 0.1) is 34.7 Å². The molecule has 0 spiro atoms. The third kappa shape index (κ3) is 7.62. The molecule has 2 aromatic carbocycles. The van der Waals surface area contributed by atoms with Gasteiger partial charge in [0.25, 0.3) is 5.91 Å². The van der Waals surface area contributed by atoms with Gasteiger partial charge in [-0.2, -0.15) is 0 Å². The zero-order chi connectivity index (χ0) is 23.8. The van der Waals surface area contributed by atoms with Crippen molar-refractivity contribution in [3.05, 3.63) is 76.0 Å². The van der Waals surface area contributed by atoms with E-state index in [4.69, 9.17) is 27.9 Å². The molecule has 0 aliphatic heterocycles. The molecule has 1 heterocycles. The quantitative estimate of drug-likeness (QED) is 0.337. The third-order valence-electron chi connectivity index (χ3n) is 4.33. The van der Waals surface area contributed by atoms with Crippen molar-refractivity contribution in [3.63, 3.8) is 0 Å². The zero-order valence-electron chi connectivity index (χ0n) is 18.3. The van der Waals surface area contributed by atoms with Crippen molar-refractivity contribution in [2.45, 2.75) is 12.5 Å². The van der Waals surface area contributed by atoms with Crippen molar-refractivity contribution in [2.24, 2.45) is 0 Å². The number of nitrogens with one attached hydrogen (secondary N) is 2. The molecule has 0 radical (unpaired) electrons. The Labute approximate surface area is 228 Å². The van der Waals surface area contributed by atoms with Gasteiger partial charge in [-0.05, 0) is 36.4 Å². The number of nitrogens with zero attached hydrogens (tertiary/aromatic N) is 2. The number of carboxylic acid groups (broad SMARTS) is 1. The molecule has 1 amide bonds. The number of ether oxygens (including phenoxy) is 1. The van der Waals surface area contributed by atoms with E-state index in [-0.39, 0.29) is 51.6 Å². The van der Waals surface area contributed by atoms with Crippen molar-refractivity contribution >= 4 is 46.6 Å². The van der Waals surface area contributed by atoms with E-state index in [0.717, 1.165) is 5.69 Å². The van der Waals surface area contributed by atoms with Crippen LogP contribution in [0.3, 0.4) is 0 Å². The van der Waals surface area contributed by atoms with Gasteiger partial charge in [0.1, 0.15) is 12.1 Å². The first-order valence-corrected chi connectivity index (χ1v) is 10.3. The second-order valence-electron chi connectivity index (χ2n) is 6.60. The summed E-state index contributed by atoms with van der Waals surface area (Å²) in [6.07, 6.45) is 1.21. The van der Waals surface area contributed by atoms with Crippen molar-refractivity contribution in [1.82, 2.24) is 15.3 Å². The predicted molar refractivity (Wildman–Crippen MR) is 123 cm³/mol. The monoisotopic (exact) mass is 506 g/mol. The van der Waals surface area contributed by atoms with Crippen molar-refractivity contribution < 1.29 is 49.0 Å². The minimum absolute atomic E-state index is 0. The summed E-state index contributed by atoms with van der Waals surface area (Å²) < 4.78 is 5.06. The summed E-state index contributed by atoms with van der Waals surface area (Å²) in [7, 11) is 1.52. The Balaban J connectivity index is 0.00000408. The maximum atomic E-state index is 12.4. The maximum absolute atomic E-state index is 12.4. The Morgan fingerprint density at radius 3 is 2.41 bits per heavy atom. The SMILES string of the molecule is COc1cc(Nc2ccc(C#CCC(NC(=O)c3c(Cl)cccc3Cl)C(=O)[O-])cc2)ncn1.[Na+]. The van der Waals surface area contributed by atoms with E-state index in [1.165, 1.54) is 25.6 Å². The van der Waals surface area contributed by atoms with E-state index in [1.54, 1.807) is 36.4 Å². The summed E-state index contributed by atoms with van der Waals surface area (Å²) >= 11 is 12.0. The van der Waals surface area contributed by atoms with Crippen LogP contribution in [0, 0.1) is 11.8 Å². The fourth-order valence-electron chi connectivity index (χ4n) is 2.70. The second kappa shape index (κ2) is 13.2. The summed E-state index contributed by atoms with van der Waals surface area (Å²) in [6, 6.07) is 11.9. The topological polar surface area (TPSA) is 116 Å². The predicted octanol–water partition coefficient (Wildman–Crippen LogP) is -0.170. The van der Waals surface area contributed by atoms with E-state index in [2.05, 4.69) is 32.4 Å². The summed E-state index contributed by atoms with van der Waals surface area (Å²) in [5, 5.41) is 17.1. The molecule has 3 aromatic rings. The second-order valence-corrected chi connectivity index (χ2v) is 7.41. The van der Waals surface area contributed by atoms with Crippen molar-refractivity contribution in [3.8, 4) is 17.7 Å². The number of halogens is 2. The average molecular weight is 507 g/mol. The summed E-state index contributed by atoms with van der Waals surface area (Å²) in [5.74, 6) is 4.40. The molecule has 168 valence electrons. The van der Waals surface area contributed by atoms with Gasteiger partial charge >= 0.3 is 29.6 Å². The van der Waals surface area contributed by atoms with Gasteiger partial charge < -0.3 is 25.3 Å². The van der Waals surface area contributed by atoms with Crippen LogP contribution in [0.4, 0.5) is 11.5 Å². The van der Waals surface area contributed by atoms with Crippen LogP contribution >= 0.6 is 23.2 Å². The molecule has 1 unspecified atom stereocenters. The molecule has 0 fully saturated rings. The Morgan fingerprint density at radius 2 is 1.79 bits per heavy atom. The number of rotatable bonds is 7. The molecule has 1 atom stereocenters. The van der Waals surface area contributed by atoms with E-state index < -0.39 is 17.9 Å². The molecule has 11 heteroatoms. The van der Waals surface area contributed by atoms with Crippen LogP contribution in [0.2, 0.25) is 10.0 Å². The number of hydrogen-bond donors (Lipinski definition) is 2. The van der Waals surface area contributed by atoms with Gasteiger partial charge in [0, 0.05) is 23.7 Å². The van der Waals surface area contributed by atoms with E-state index in [0.29, 0.717) is 17.3 Å². The van der Waals surface area contributed by atoms with E-state index in [1.807, 2.05) is 0 Å². The van der Waals surface area contributed by atoms with E-state index >= 15 is 0 Å². The molecule has 8 nitrogen and oxygen atoms in total. The molecule has 1 aromatic heterocycles.